The van der Waals surface area contributed by atoms with Gasteiger partial charge in [-0.2, -0.15) is 0 Å². The Hall–Kier alpha value is -3.54. The standard InChI is InChI=1S/C24H33N5O7/c30-21(8-3-16-9-11-25-12-10-16)28-13-1-2-18(15-28)22(31)26-14-20(24(33)34)27-23(32)17-4-6-19(7-5-17)29(35)36/h4-7,16,18,20,25H,1-3,8-15H2,(H,26,31)(H,27,32)(H,33,34)/t18-,20+/m1/s1. The van der Waals surface area contributed by atoms with Crippen LogP contribution in [-0.2, 0) is 14.4 Å². The predicted molar refractivity (Wildman–Crippen MR) is 129 cm³/mol. The van der Waals surface area contributed by atoms with Crippen molar-refractivity contribution in [3.63, 3.8) is 0 Å². The first-order chi connectivity index (χ1) is 17.2. The highest BCUT2D eigenvalue weighted by molar-refractivity contribution is 5.97. The SMILES string of the molecule is O=C(N[C@@H](CNC(=O)[C@@H]1CCCN(C(=O)CCC2CCNCC2)C1)C(=O)O)c1ccc([N+](=O)[O-])cc1. The van der Waals surface area contributed by atoms with E-state index >= 15 is 0 Å². The Morgan fingerprint density at radius 3 is 2.47 bits per heavy atom. The lowest BCUT2D eigenvalue weighted by Gasteiger charge is -2.33. The highest BCUT2D eigenvalue weighted by atomic mass is 16.6. The molecule has 2 atom stereocenters. The van der Waals surface area contributed by atoms with E-state index in [1.165, 1.54) is 12.1 Å². The monoisotopic (exact) mass is 503 g/mol. The van der Waals surface area contributed by atoms with Crippen LogP contribution in [0.3, 0.4) is 0 Å². The maximum Gasteiger partial charge on any atom is 0.328 e. The van der Waals surface area contributed by atoms with E-state index in [-0.39, 0.29) is 29.6 Å². The number of carbonyl (C=O) groups is 4. The quantitative estimate of drug-likeness (QED) is 0.270. The third-order valence-corrected chi connectivity index (χ3v) is 6.79. The number of benzene rings is 1. The van der Waals surface area contributed by atoms with Gasteiger partial charge in [0.25, 0.3) is 11.6 Å². The minimum absolute atomic E-state index is 0.0461. The summed E-state index contributed by atoms with van der Waals surface area (Å²) in [6, 6.07) is 3.36. The number of carboxylic acid groups (broad SMARTS) is 1. The summed E-state index contributed by atoms with van der Waals surface area (Å²) < 4.78 is 0. The van der Waals surface area contributed by atoms with Gasteiger partial charge in [-0.15, -0.1) is 0 Å². The van der Waals surface area contributed by atoms with Crippen LogP contribution in [0.4, 0.5) is 5.69 Å². The maximum atomic E-state index is 12.7. The number of amides is 3. The van der Waals surface area contributed by atoms with Crippen LogP contribution in [0, 0.1) is 22.0 Å². The normalized spacial score (nSPS) is 19.2. The van der Waals surface area contributed by atoms with Crippen molar-refractivity contribution < 1.29 is 29.2 Å². The van der Waals surface area contributed by atoms with Gasteiger partial charge in [0.05, 0.1) is 10.8 Å². The molecule has 0 spiro atoms. The van der Waals surface area contributed by atoms with Gasteiger partial charge in [0.2, 0.25) is 11.8 Å². The van der Waals surface area contributed by atoms with Crippen molar-refractivity contribution in [3.05, 3.63) is 39.9 Å². The van der Waals surface area contributed by atoms with Crippen LogP contribution in [0.2, 0.25) is 0 Å². The fourth-order valence-electron chi connectivity index (χ4n) is 4.60. The summed E-state index contributed by atoms with van der Waals surface area (Å²) in [7, 11) is 0. The van der Waals surface area contributed by atoms with Crippen LogP contribution in [0.5, 0.6) is 0 Å². The molecule has 3 rings (SSSR count). The van der Waals surface area contributed by atoms with Crippen molar-refractivity contribution in [1.82, 2.24) is 20.9 Å². The first kappa shape index (κ1) is 27.1. The Labute approximate surface area is 208 Å². The smallest absolute Gasteiger partial charge is 0.328 e. The molecule has 0 unspecified atom stereocenters. The third kappa shape index (κ3) is 7.74. The lowest BCUT2D eigenvalue weighted by atomic mass is 9.92. The summed E-state index contributed by atoms with van der Waals surface area (Å²) in [6.07, 6.45) is 4.75. The fraction of sp³-hybridized carbons (Fsp3) is 0.583. The summed E-state index contributed by atoms with van der Waals surface area (Å²) in [5.74, 6) is -2.26. The van der Waals surface area contributed by atoms with E-state index in [2.05, 4.69) is 16.0 Å². The zero-order valence-corrected chi connectivity index (χ0v) is 20.1. The van der Waals surface area contributed by atoms with Crippen LogP contribution >= 0.6 is 0 Å². The molecule has 3 amide bonds. The molecule has 12 nitrogen and oxygen atoms in total. The number of nitro benzene ring substituents is 1. The molecule has 0 aliphatic carbocycles. The van der Waals surface area contributed by atoms with Gasteiger partial charge in [-0.25, -0.2) is 4.79 Å². The number of rotatable bonds is 10. The lowest BCUT2D eigenvalue weighted by molar-refractivity contribution is -0.384. The summed E-state index contributed by atoms with van der Waals surface area (Å²) in [6.45, 7) is 2.54. The van der Waals surface area contributed by atoms with Crippen LogP contribution in [0.25, 0.3) is 0 Å². The van der Waals surface area contributed by atoms with Crippen LogP contribution in [0.15, 0.2) is 24.3 Å². The molecule has 1 aromatic rings. The lowest BCUT2D eigenvalue weighted by Crippen LogP contribution is -2.51. The summed E-state index contributed by atoms with van der Waals surface area (Å²) in [4.78, 5) is 61.3. The van der Waals surface area contributed by atoms with Crippen molar-refractivity contribution in [2.75, 3.05) is 32.7 Å². The van der Waals surface area contributed by atoms with E-state index in [0.717, 1.165) is 44.5 Å². The van der Waals surface area contributed by atoms with Crippen molar-refractivity contribution in [2.45, 2.75) is 44.6 Å². The summed E-state index contributed by atoms with van der Waals surface area (Å²) >= 11 is 0. The van der Waals surface area contributed by atoms with Gasteiger partial charge in [0.1, 0.15) is 6.04 Å². The minimum Gasteiger partial charge on any atom is -0.480 e. The molecule has 2 saturated heterocycles. The van der Waals surface area contributed by atoms with Crippen molar-refractivity contribution in [3.8, 4) is 0 Å². The Balaban J connectivity index is 1.47. The fourth-order valence-corrected chi connectivity index (χ4v) is 4.60. The Bertz CT molecular complexity index is 962. The van der Waals surface area contributed by atoms with Gasteiger partial charge in [-0.3, -0.25) is 24.5 Å². The molecule has 0 aromatic heterocycles. The second kappa shape index (κ2) is 13.0. The topological polar surface area (TPSA) is 171 Å². The molecule has 0 saturated carbocycles. The molecular formula is C24H33N5O7. The van der Waals surface area contributed by atoms with E-state index in [4.69, 9.17) is 0 Å². The van der Waals surface area contributed by atoms with Gasteiger partial charge in [-0.1, -0.05) is 0 Å². The number of carboxylic acids is 1. The number of nitrogens with zero attached hydrogens (tertiary/aromatic N) is 2. The highest BCUT2D eigenvalue weighted by Gasteiger charge is 2.30. The van der Waals surface area contributed by atoms with E-state index in [9.17, 15) is 34.4 Å². The molecular weight excluding hydrogens is 470 g/mol. The third-order valence-electron chi connectivity index (χ3n) is 6.79. The zero-order chi connectivity index (χ0) is 26.1. The Morgan fingerprint density at radius 1 is 1.14 bits per heavy atom. The molecule has 2 aliphatic rings. The second-order valence-corrected chi connectivity index (χ2v) is 9.32. The number of hydrogen-bond donors (Lipinski definition) is 4. The molecule has 4 N–H and O–H groups in total. The first-order valence-corrected chi connectivity index (χ1v) is 12.3. The summed E-state index contributed by atoms with van der Waals surface area (Å²) in [5, 5.41) is 28.5. The number of nitro groups is 1. The van der Waals surface area contributed by atoms with Crippen LogP contribution < -0.4 is 16.0 Å². The van der Waals surface area contributed by atoms with Crippen molar-refractivity contribution in [1.29, 1.82) is 0 Å². The molecule has 36 heavy (non-hydrogen) atoms. The average molecular weight is 504 g/mol. The van der Waals surface area contributed by atoms with Gasteiger partial charge in [0, 0.05) is 43.8 Å². The molecule has 2 fully saturated rings. The minimum atomic E-state index is -1.39. The Morgan fingerprint density at radius 2 is 1.83 bits per heavy atom. The van der Waals surface area contributed by atoms with Gasteiger partial charge < -0.3 is 26.0 Å². The molecule has 0 radical (unpaired) electrons. The highest BCUT2D eigenvalue weighted by Crippen LogP contribution is 2.21. The number of aliphatic carboxylic acids is 1. The average Bonchev–Trinajstić information content (AvgIpc) is 2.89. The van der Waals surface area contributed by atoms with Gasteiger partial charge in [-0.05, 0) is 63.2 Å². The number of non-ortho nitro benzene ring substituents is 1. The van der Waals surface area contributed by atoms with Gasteiger partial charge >= 0.3 is 5.97 Å². The number of piperidine rings is 2. The zero-order valence-electron chi connectivity index (χ0n) is 20.1. The summed E-state index contributed by atoms with van der Waals surface area (Å²) in [5.41, 5.74) is -0.135. The van der Waals surface area contributed by atoms with Gasteiger partial charge in [0.15, 0.2) is 0 Å². The van der Waals surface area contributed by atoms with E-state index < -0.39 is 28.8 Å². The molecule has 2 aliphatic heterocycles. The molecule has 12 heteroatoms. The first-order valence-electron chi connectivity index (χ1n) is 12.3. The van der Waals surface area contributed by atoms with E-state index in [1.54, 1.807) is 4.90 Å². The van der Waals surface area contributed by atoms with E-state index in [0.29, 0.717) is 38.3 Å². The van der Waals surface area contributed by atoms with Crippen LogP contribution in [-0.4, -0.2) is 77.4 Å². The predicted octanol–water partition coefficient (Wildman–Crippen LogP) is 0.912. The number of carbonyl (C=O) groups excluding carboxylic acids is 3. The number of likely N-dealkylation sites (tertiary alicyclic amines) is 1. The van der Waals surface area contributed by atoms with Crippen molar-refractivity contribution in [2.24, 2.45) is 11.8 Å². The van der Waals surface area contributed by atoms with Crippen molar-refractivity contribution >= 4 is 29.4 Å². The largest absolute Gasteiger partial charge is 0.480 e. The Kier molecular flexibility index (Phi) is 9.74. The maximum absolute atomic E-state index is 12.7. The molecule has 1 aromatic carbocycles. The molecule has 2 heterocycles. The molecule has 0 bridgehead atoms. The van der Waals surface area contributed by atoms with Crippen LogP contribution in [0.1, 0.15) is 48.9 Å². The number of hydrogen-bond acceptors (Lipinski definition) is 7. The molecule has 196 valence electrons. The number of nitrogens with one attached hydrogen (secondary N) is 3. The second-order valence-electron chi connectivity index (χ2n) is 9.32. The van der Waals surface area contributed by atoms with E-state index in [1.807, 2.05) is 0 Å².